The summed E-state index contributed by atoms with van der Waals surface area (Å²) in [6, 6.07) is 5.02. The summed E-state index contributed by atoms with van der Waals surface area (Å²) in [6.45, 7) is 4.72. The highest BCUT2D eigenvalue weighted by Gasteiger charge is 2.19. The van der Waals surface area contributed by atoms with Crippen molar-refractivity contribution in [2.45, 2.75) is 51.7 Å². The first kappa shape index (κ1) is 16.2. The van der Waals surface area contributed by atoms with Gasteiger partial charge >= 0.3 is 0 Å². The van der Waals surface area contributed by atoms with E-state index in [1.165, 1.54) is 18.9 Å². The molecule has 0 spiro atoms. The number of anilines is 1. The van der Waals surface area contributed by atoms with Crippen LogP contribution in [0, 0.1) is 18.7 Å². The smallest absolute Gasteiger partial charge is 0.146 e. The van der Waals surface area contributed by atoms with Gasteiger partial charge in [-0.3, -0.25) is 0 Å². The third kappa shape index (κ3) is 5.29. The zero-order valence-electron chi connectivity index (χ0n) is 12.9. The van der Waals surface area contributed by atoms with Gasteiger partial charge in [-0.2, -0.15) is 0 Å². The van der Waals surface area contributed by atoms with Gasteiger partial charge in [0.25, 0.3) is 0 Å². The Bertz CT molecular complexity index is 444. The summed E-state index contributed by atoms with van der Waals surface area (Å²) >= 11 is 0. The maximum atomic E-state index is 13.6. The van der Waals surface area contributed by atoms with E-state index in [2.05, 4.69) is 12.2 Å². The van der Waals surface area contributed by atoms with E-state index in [1.807, 2.05) is 13.0 Å². The normalized spacial score (nSPS) is 23.8. The van der Waals surface area contributed by atoms with Crippen LogP contribution in [0.25, 0.3) is 0 Å². The number of hydrogen-bond acceptors (Lipinski definition) is 3. The summed E-state index contributed by atoms with van der Waals surface area (Å²) < 4.78 is 19.4. The van der Waals surface area contributed by atoms with Gasteiger partial charge in [-0.25, -0.2) is 4.39 Å². The molecule has 2 N–H and O–H groups in total. The molecular weight excluding hydrogens is 269 g/mol. The number of benzene rings is 1. The average molecular weight is 295 g/mol. The molecule has 0 bridgehead atoms. The molecule has 0 aliphatic heterocycles. The molecule has 0 saturated heterocycles. The highest BCUT2D eigenvalue weighted by atomic mass is 19.1. The summed E-state index contributed by atoms with van der Waals surface area (Å²) in [5, 5.41) is 12.9. The van der Waals surface area contributed by atoms with E-state index in [4.69, 9.17) is 4.74 Å². The first-order chi connectivity index (χ1) is 10.0. The molecule has 118 valence electrons. The highest BCUT2D eigenvalue weighted by Crippen LogP contribution is 2.25. The van der Waals surface area contributed by atoms with Crippen molar-refractivity contribution < 1.29 is 14.2 Å². The topological polar surface area (TPSA) is 41.5 Å². The van der Waals surface area contributed by atoms with Crippen molar-refractivity contribution in [1.29, 1.82) is 0 Å². The van der Waals surface area contributed by atoms with Crippen LogP contribution >= 0.6 is 0 Å². The number of rotatable bonds is 6. The Kier molecular flexibility index (Phi) is 6.00. The summed E-state index contributed by atoms with van der Waals surface area (Å²) in [4.78, 5) is 0. The average Bonchev–Trinajstić information content (AvgIpc) is 2.46. The molecule has 0 radical (unpaired) electrons. The molecule has 1 aliphatic rings. The van der Waals surface area contributed by atoms with Gasteiger partial charge in [-0.05, 0) is 56.2 Å². The van der Waals surface area contributed by atoms with Crippen LogP contribution in [0.3, 0.4) is 0 Å². The van der Waals surface area contributed by atoms with Crippen molar-refractivity contribution in [2.24, 2.45) is 5.92 Å². The van der Waals surface area contributed by atoms with Crippen molar-refractivity contribution in [3.8, 4) is 0 Å². The monoisotopic (exact) mass is 295 g/mol. The quantitative estimate of drug-likeness (QED) is 0.844. The summed E-state index contributed by atoms with van der Waals surface area (Å²) in [7, 11) is 0. The SMILES string of the molecule is Cc1ccc(NCC(O)COC2CCC(C)CC2)c(F)c1. The fraction of sp³-hybridized carbons (Fsp3) is 0.647. The zero-order chi connectivity index (χ0) is 15.2. The first-order valence-electron chi connectivity index (χ1n) is 7.84. The van der Waals surface area contributed by atoms with E-state index < -0.39 is 6.10 Å². The van der Waals surface area contributed by atoms with Crippen LogP contribution in [0.15, 0.2) is 18.2 Å². The van der Waals surface area contributed by atoms with Crippen molar-refractivity contribution in [2.75, 3.05) is 18.5 Å². The summed E-state index contributed by atoms with van der Waals surface area (Å²) in [5.74, 6) is 0.505. The molecule has 21 heavy (non-hydrogen) atoms. The van der Waals surface area contributed by atoms with Crippen LogP contribution < -0.4 is 5.32 Å². The predicted octanol–water partition coefficient (Wildman–Crippen LogP) is 3.50. The van der Waals surface area contributed by atoms with Crippen LogP contribution in [0.2, 0.25) is 0 Å². The van der Waals surface area contributed by atoms with Crippen LogP contribution in [0.4, 0.5) is 10.1 Å². The van der Waals surface area contributed by atoms with Gasteiger partial charge < -0.3 is 15.2 Å². The fourth-order valence-electron chi connectivity index (χ4n) is 2.69. The lowest BCUT2D eigenvalue weighted by Gasteiger charge is -2.27. The number of aliphatic hydroxyl groups excluding tert-OH is 1. The molecule has 0 amide bonds. The number of aryl methyl sites for hydroxylation is 1. The minimum Gasteiger partial charge on any atom is -0.389 e. The van der Waals surface area contributed by atoms with Crippen molar-refractivity contribution >= 4 is 5.69 Å². The number of aliphatic hydroxyl groups is 1. The van der Waals surface area contributed by atoms with Crippen LogP contribution in [-0.4, -0.2) is 30.5 Å². The van der Waals surface area contributed by atoms with Gasteiger partial charge in [0.05, 0.1) is 24.5 Å². The van der Waals surface area contributed by atoms with Gasteiger partial charge in [-0.15, -0.1) is 0 Å². The van der Waals surface area contributed by atoms with Crippen LogP contribution in [0.5, 0.6) is 0 Å². The van der Waals surface area contributed by atoms with Crippen molar-refractivity contribution in [3.63, 3.8) is 0 Å². The standard InChI is InChI=1S/C17H26FNO2/c1-12-3-6-15(7-4-12)21-11-14(20)10-19-17-8-5-13(2)9-16(17)18/h5,8-9,12,14-15,19-20H,3-4,6-7,10-11H2,1-2H3. The van der Waals surface area contributed by atoms with Gasteiger partial charge in [0.2, 0.25) is 0 Å². The molecule has 1 saturated carbocycles. The third-order valence-electron chi connectivity index (χ3n) is 4.14. The Morgan fingerprint density at radius 1 is 1.33 bits per heavy atom. The Hall–Kier alpha value is -1.13. The summed E-state index contributed by atoms with van der Waals surface area (Å²) in [6.07, 6.45) is 4.21. The second kappa shape index (κ2) is 7.76. The van der Waals surface area contributed by atoms with Crippen LogP contribution in [0.1, 0.15) is 38.2 Å². The van der Waals surface area contributed by atoms with E-state index >= 15 is 0 Å². The molecule has 1 atom stereocenters. The van der Waals surface area contributed by atoms with E-state index in [9.17, 15) is 9.50 Å². The fourth-order valence-corrected chi connectivity index (χ4v) is 2.69. The second-order valence-corrected chi connectivity index (χ2v) is 6.23. The third-order valence-corrected chi connectivity index (χ3v) is 4.14. The highest BCUT2D eigenvalue weighted by molar-refractivity contribution is 5.46. The van der Waals surface area contributed by atoms with E-state index in [0.29, 0.717) is 18.8 Å². The Labute approximate surface area is 126 Å². The molecular formula is C17H26FNO2. The van der Waals surface area contributed by atoms with Crippen molar-refractivity contribution in [1.82, 2.24) is 0 Å². The maximum absolute atomic E-state index is 13.6. The zero-order valence-corrected chi connectivity index (χ0v) is 12.9. The molecule has 0 aromatic heterocycles. The lowest BCUT2D eigenvalue weighted by molar-refractivity contribution is -0.0245. The Morgan fingerprint density at radius 2 is 2.05 bits per heavy atom. The molecule has 1 aromatic rings. The summed E-state index contributed by atoms with van der Waals surface area (Å²) in [5.41, 5.74) is 1.31. The molecule has 0 heterocycles. The molecule has 1 fully saturated rings. The van der Waals surface area contributed by atoms with E-state index in [0.717, 1.165) is 24.3 Å². The minimum atomic E-state index is -0.620. The minimum absolute atomic E-state index is 0.270. The number of nitrogens with one attached hydrogen (secondary N) is 1. The Balaban J connectivity index is 1.68. The molecule has 1 aliphatic carbocycles. The predicted molar refractivity (Wildman–Crippen MR) is 83.0 cm³/mol. The number of hydrogen-bond donors (Lipinski definition) is 2. The number of ether oxygens (including phenoxy) is 1. The van der Waals surface area contributed by atoms with Gasteiger partial charge in [-0.1, -0.05) is 13.0 Å². The molecule has 1 unspecified atom stereocenters. The largest absolute Gasteiger partial charge is 0.389 e. The van der Waals surface area contributed by atoms with Crippen molar-refractivity contribution in [3.05, 3.63) is 29.6 Å². The van der Waals surface area contributed by atoms with E-state index in [1.54, 1.807) is 6.07 Å². The molecule has 1 aromatic carbocycles. The lowest BCUT2D eigenvalue weighted by atomic mass is 9.89. The molecule has 3 nitrogen and oxygen atoms in total. The lowest BCUT2D eigenvalue weighted by Crippen LogP contribution is -2.29. The van der Waals surface area contributed by atoms with E-state index in [-0.39, 0.29) is 11.9 Å². The second-order valence-electron chi connectivity index (χ2n) is 6.23. The Morgan fingerprint density at radius 3 is 2.71 bits per heavy atom. The van der Waals surface area contributed by atoms with Crippen LogP contribution in [-0.2, 0) is 4.74 Å². The molecule has 4 heteroatoms. The van der Waals surface area contributed by atoms with Gasteiger partial charge in [0.1, 0.15) is 5.82 Å². The first-order valence-corrected chi connectivity index (χ1v) is 7.84. The number of halogens is 1. The molecule has 2 rings (SSSR count). The van der Waals surface area contributed by atoms with Gasteiger partial charge in [0.15, 0.2) is 0 Å². The maximum Gasteiger partial charge on any atom is 0.146 e. The van der Waals surface area contributed by atoms with Gasteiger partial charge in [0, 0.05) is 6.54 Å².